The molecule has 2 rings (SSSR count). The van der Waals surface area contributed by atoms with E-state index in [1.165, 1.54) is 12.1 Å². The minimum Gasteiger partial charge on any atom is -0.398 e. The molecule has 1 heterocycles. The number of hydrogen-bond acceptors (Lipinski definition) is 6. The summed E-state index contributed by atoms with van der Waals surface area (Å²) in [4.78, 5) is -0.0747. The van der Waals surface area contributed by atoms with E-state index in [1.54, 1.807) is 23.1 Å². The molecular weight excluding hydrogens is 268 g/mol. The van der Waals surface area contributed by atoms with Gasteiger partial charge in [0.15, 0.2) is 0 Å². The molecule has 0 aliphatic heterocycles. The zero-order valence-electron chi connectivity index (χ0n) is 10.0. The van der Waals surface area contributed by atoms with E-state index in [0.29, 0.717) is 18.8 Å². The van der Waals surface area contributed by atoms with E-state index in [4.69, 9.17) is 10.9 Å². The maximum absolute atomic E-state index is 11.2. The van der Waals surface area contributed by atoms with E-state index in [0.717, 1.165) is 0 Å². The predicted molar refractivity (Wildman–Crippen MR) is 70.7 cm³/mol. The number of hydrogen-bond donors (Lipinski definition) is 3. The number of sulfonamides is 1. The Bertz CT molecular complexity index is 653. The molecule has 0 unspecified atom stereocenters. The molecule has 0 saturated carbocycles. The Balaban J connectivity index is 2.00. The van der Waals surface area contributed by atoms with E-state index in [-0.39, 0.29) is 10.6 Å². The summed E-state index contributed by atoms with van der Waals surface area (Å²) in [5.41, 5.74) is 6.48. The van der Waals surface area contributed by atoms with Crippen molar-refractivity contribution >= 4 is 21.4 Å². The van der Waals surface area contributed by atoms with E-state index >= 15 is 0 Å². The van der Waals surface area contributed by atoms with Crippen molar-refractivity contribution in [3.63, 3.8) is 0 Å². The Morgan fingerprint density at radius 2 is 2.16 bits per heavy atom. The molecule has 102 valence electrons. The van der Waals surface area contributed by atoms with Crippen LogP contribution in [0.15, 0.2) is 35.5 Å². The summed E-state index contributed by atoms with van der Waals surface area (Å²) in [6.45, 7) is 1.24. The number of nitrogens with two attached hydrogens (primary N) is 2. The number of nitrogens with one attached hydrogen (secondary N) is 1. The highest BCUT2D eigenvalue weighted by molar-refractivity contribution is 7.89. The van der Waals surface area contributed by atoms with E-state index in [9.17, 15) is 8.42 Å². The molecule has 8 nitrogen and oxygen atoms in total. The molecule has 0 fully saturated rings. The summed E-state index contributed by atoms with van der Waals surface area (Å²) in [5, 5.41) is 15.6. The minimum atomic E-state index is -3.78. The first-order valence-electron chi connectivity index (χ1n) is 5.47. The van der Waals surface area contributed by atoms with Gasteiger partial charge in [-0.2, -0.15) is 0 Å². The molecule has 0 saturated heterocycles. The molecule has 9 heteroatoms. The Labute approximate surface area is 110 Å². The summed E-state index contributed by atoms with van der Waals surface area (Å²) in [7, 11) is -3.78. The number of anilines is 2. The van der Waals surface area contributed by atoms with Gasteiger partial charge >= 0.3 is 0 Å². The first kappa shape index (κ1) is 13.3. The highest BCUT2D eigenvalue weighted by atomic mass is 32.2. The van der Waals surface area contributed by atoms with Crippen molar-refractivity contribution in [2.75, 3.05) is 17.6 Å². The van der Waals surface area contributed by atoms with Gasteiger partial charge in [0.2, 0.25) is 10.0 Å². The van der Waals surface area contributed by atoms with Gasteiger partial charge < -0.3 is 11.1 Å². The van der Waals surface area contributed by atoms with Crippen LogP contribution in [-0.4, -0.2) is 30.0 Å². The van der Waals surface area contributed by atoms with Crippen molar-refractivity contribution < 1.29 is 8.42 Å². The van der Waals surface area contributed by atoms with Gasteiger partial charge in [0.1, 0.15) is 4.90 Å². The van der Waals surface area contributed by atoms with E-state index < -0.39 is 10.0 Å². The Hall–Kier alpha value is -2.13. The van der Waals surface area contributed by atoms with Crippen LogP contribution in [0, 0.1) is 0 Å². The van der Waals surface area contributed by atoms with Gasteiger partial charge in [-0.3, -0.25) is 4.68 Å². The van der Waals surface area contributed by atoms with Crippen LogP contribution in [0.2, 0.25) is 0 Å². The normalized spacial score (nSPS) is 11.4. The second-order valence-corrected chi connectivity index (χ2v) is 5.42. The second kappa shape index (κ2) is 5.24. The molecule has 0 aliphatic carbocycles. The monoisotopic (exact) mass is 282 g/mol. The molecule has 5 N–H and O–H groups in total. The van der Waals surface area contributed by atoms with Crippen LogP contribution < -0.4 is 16.2 Å². The standard InChI is InChI=1S/C10H14N6O2S/c11-9-7-8(1-2-10(9)19(12,17)18)13-3-5-16-6-4-14-15-16/h1-2,4,6-7,13H,3,5,11H2,(H2,12,17,18). The van der Waals surface area contributed by atoms with Crippen LogP contribution in [0.5, 0.6) is 0 Å². The third kappa shape index (κ3) is 3.42. The molecule has 0 atom stereocenters. The highest BCUT2D eigenvalue weighted by Gasteiger charge is 2.11. The molecule has 0 amide bonds. The maximum atomic E-state index is 11.2. The molecule has 1 aromatic carbocycles. The second-order valence-electron chi connectivity index (χ2n) is 3.89. The number of nitrogens with zero attached hydrogens (tertiary/aromatic N) is 3. The Morgan fingerprint density at radius 3 is 2.74 bits per heavy atom. The first-order chi connectivity index (χ1) is 8.97. The van der Waals surface area contributed by atoms with Crippen LogP contribution in [0.1, 0.15) is 0 Å². The summed E-state index contributed by atoms with van der Waals surface area (Å²) >= 11 is 0. The lowest BCUT2D eigenvalue weighted by molar-refractivity contribution is 0.598. The number of primary sulfonamides is 1. The number of rotatable bonds is 5. The summed E-state index contributed by atoms with van der Waals surface area (Å²) in [6, 6.07) is 4.51. The van der Waals surface area contributed by atoms with Crippen LogP contribution in [-0.2, 0) is 16.6 Å². The van der Waals surface area contributed by atoms with Gasteiger partial charge in [0.05, 0.1) is 18.4 Å². The molecule has 0 spiro atoms. The molecule has 19 heavy (non-hydrogen) atoms. The molecule has 0 aliphatic rings. The SMILES string of the molecule is Nc1cc(NCCn2ccnn2)ccc1S(N)(=O)=O. The van der Waals surface area contributed by atoms with Crippen LogP contribution >= 0.6 is 0 Å². The van der Waals surface area contributed by atoms with Crippen molar-refractivity contribution in [3.8, 4) is 0 Å². The Morgan fingerprint density at radius 1 is 1.37 bits per heavy atom. The summed E-state index contributed by atoms with van der Waals surface area (Å²) in [6.07, 6.45) is 3.35. The third-order valence-electron chi connectivity index (χ3n) is 2.46. The molecule has 0 radical (unpaired) electrons. The van der Waals surface area contributed by atoms with E-state index in [1.807, 2.05) is 0 Å². The first-order valence-corrected chi connectivity index (χ1v) is 7.02. The van der Waals surface area contributed by atoms with Crippen molar-refractivity contribution in [1.29, 1.82) is 0 Å². The largest absolute Gasteiger partial charge is 0.398 e. The van der Waals surface area contributed by atoms with Gasteiger partial charge in [0.25, 0.3) is 0 Å². The maximum Gasteiger partial charge on any atom is 0.240 e. The van der Waals surface area contributed by atoms with Gasteiger partial charge in [-0.15, -0.1) is 5.10 Å². The van der Waals surface area contributed by atoms with Crippen LogP contribution in [0.4, 0.5) is 11.4 Å². The molecule has 2 aromatic rings. The van der Waals surface area contributed by atoms with Gasteiger partial charge in [0, 0.05) is 18.4 Å². The fraction of sp³-hybridized carbons (Fsp3) is 0.200. The average molecular weight is 282 g/mol. The zero-order chi connectivity index (χ0) is 13.9. The van der Waals surface area contributed by atoms with Crippen LogP contribution in [0.25, 0.3) is 0 Å². The third-order valence-corrected chi connectivity index (χ3v) is 3.44. The van der Waals surface area contributed by atoms with Gasteiger partial charge in [-0.25, -0.2) is 13.6 Å². The summed E-state index contributed by atoms with van der Waals surface area (Å²) < 4.78 is 24.1. The van der Waals surface area contributed by atoms with Crippen LogP contribution in [0.3, 0.4) is 0 Å². The quantitative estimate of drug-likeness (QED) is 0.641. The number of aromatic nitrogens is 3. The Kier molecular flexibility index (Phi) is 3.67. The number of nitrogen functional groups attached to an aromatic ring is 1. The topological polar surface area (TPSA) is 129 Å². The van der Waals surface area contributed by atoms with Crippen molar-refractivity contribution in [2.24, 2.45) is 5.14 Å². The lowest BCUT2D eigenvalue weighted by atomic mass is 10.3. The minimum absolute atomic E-state index is 0.0747. The summed E-state index contributed by atoms with van der Waals surface area (Å²) in [5.74, 6) is 0. The lowest BCUT2D eigenvalue weighted by Crippen LogP contribution is -2.15. The lowest BCUT2D eigenvalue weighted by Gasteiger charge is -2.09. The molecule has 0 bridgehead atoms. The van der Waals surface area contributed by atoms with E-state index in [2.05, 4.69) is 15.6 Å². The van der Waals surface area contributed by atoms with Gasteiger partial charge in [-0.1, -0.05) is 5.21 Å². The van der Waals surface area contributed by atoms with Crippen molar-refractivity contribution in [2.45, 2.75) is 11.4 Å². The van der Waals surface area contributed by atoms with Gasteiger partial charge in [-0.05, 0) is 18.2 Å². The van der Waals surface area contributed by atoms with Crippen molar-refractivity contribution in [3.05, 3.63) is 30.6 Å². The fourth-order valence-electron chi connectivity index (χ4n) is 1.58. The molecular formula is C10H14N6O2S. The molecule has 1 aromatic heterocycles. The predicted octanol–water partition coefficient (Wildman–Crippen LogP) is -0.380. The van der Waals surface area contributed by atoms with Crippen molar-refractivity contribution in [1.82, 2.24) is 15.0 Å². The highest BCUT2D eigenvalue weighted by Crippen LogP contribution is 2.21. The fourth-order valence-corrected chi connectivity index (χ4v) is 2.23. The zero-order valence-corrected chi connectivity index (χ0v) is 10.8. The average Bonchev–Trinajstić information content (AvgIpc) is 2.80. The smallest absolute Gasteiger partial charge is 0.240 e. The number of benzene rings is 1.